The fourth-order valence-corrected chi connectivity index (χ4v) is 3.97. The summed E-state index contributed by atoms with van der Waals surface area (Å²) in [7, 11) is 3.29. The Labute approximate surface area is 230 Å². The lowest BCUT2D eigenvalue weighted by atomic mass is 10.1. The smallest absolute Gasteiger partial charge is 0.415 e. The van der Waals surface area contributed by atoms with Crippen LogP contribution in [0.3, 0.4) is 0 Å². The number of hydrogen-bond donors (Lipinski definition) is 0. The lowest BCUT2D eigenvalue weighted by molar-refractivity contribution is 0.124. The Morgan fingerprint density at radius 2 is 1.85 bits per heavy atom. The van der Waals surface area contributed by atoms with Crippen molar-refractivity contribution in [2.75, 3.05) is 14.2 Å². The van der Waals surface area contributed by atoms with Crippen molar-refractivity contribution in [3.63, 3.8) is 0 Å². The number of amides is 1. The van der Waals surface area contributed by atoms with Crippen LogP contribution in [-0.2, 0) is 6.61 Å². The lowest BCUT2D eigenvalue weighted by Gasteiger charge is -2.30. The van der Waals surface area contributed by atoms with Crippen molar-refractivity contribution >= 4 is 34.2 Å². The van der Waals surface area contributed by atoms with Crippen LogP contribution in [0.4, 0.5) is 4.79 Å². The standard InChI is InChI=1S/C28H27ClN6O4/c1-28(2,3)34(4)27(36)39-24-10-6-17(14-20(24)29)21-9-11-25-31-32-26(35(25)33-21)16-38-23-12-13-30-22-15-18(37-5)7-8-19(22)23/h6-15H,16H2,1-5H3. The Balaban J connectivity index is 1.37. The van der Waals surface area contributed by atoms with Crippen molar-refractivity contribution in [3.05, 3.63) is 71.6 Å². The molecule has 0 N–H and O–H groups in total. The third kappa shape index (κ3) is 5.42. The quantitative estimate of drug-likeness (QED) is 0.263. The average Bonchev–Trinajstić information content (AvgIpc) is 3.33. The number of aromatic nitrogens is 5. The maximum Gasteiger partial charge on any atom is 0.415 e. The van der Waals surface area contributed by atoms with Gasteiger partial charge in [0.2, 0.25) is 0 Å². The molecule has 0 aliphatic carbocycles. The Morgan fingerprint density at radius 1 is 1.03 bits per heavy atom. The Morgan fingerprint density at radius 3 is 2.59 bits per heavy atom. The Bertz CT molecular complexity index is 1680. The van der Waals surface area contributed by atoms with E-state index in [1.165, 1.54) is 4.90 Å². The normalized spacial score (nSPS) is 11.5. The molecule has 0 fully saturated rings. The number of hydrogen-bond acceptors (Lipinski definition) is 8. The summed E-state index contributed by atoms with van der Waals surface area (Å²) in [5.41, 5.74) is 2.32. The van der Waals surface area contributed by atoms with E-state index in [4.69, 9.17) is 30.9 Å². The average molecular weight is 547 g/mol. The highest BCUT2D eigenvalue weighted by Gasteiger charge is 2.24. The summed E-state index contributed by atoms with van der Waals surface area (Å²) in [6.45, 7) is 5.89. The number of methoxy groups -OCH3 is 1. The third-order valence-electron chi connectivity index (χ3n) is 6.30. The summed E-state index contributed by atoms with van der Waals surface area (Å²) >= 11 is 6.47. The number of carbonyl (C=O) groups is 1. The summed E-state index contributed by atoms with van der Waals surface area (Å²) in [4.78, 5) is 18.4. The van der Waals surface area contributed by atoms with Gasteiger partial charge in [-0.05, 0) is 69.3 Å². The van der Waals surface area contributed by atoms with Gasteiger partial charge in [0.25, 0.3) is 0 Å². The van der Waals surface area contributed by atoms with Crippen LogP contribution in [-0.4, -0.2) is 55.5 Å². The molecular weight excluding hydrogens is 520 g/mol. The van der Waals surface area contributed by atoms with Crippen LogP contribution in [0.2, 0.25) is 5.02 Å². The Hall–Kier alpha value is -4.44. The van der Waals surface area contributed by atoms with Crippen LogP contribution in [0, 0.1) is 0 Å². The predicted molar refractivity (Wildman–Crippen MR) is 147 cm³/mol. The van der Waals surface area contributed by atoms with E-state index in [0.717, 1.165) is 22.2 Å². The fourth-order valence-electron chi connectivity index (χ4n) is 3.75. The number of nitrogens with zero attached hydrogens (tertiary/aromatic N) is 6. The van der Waals surface area contributed by atoms with E-state index in [1.807, 2.05) is 51.1 Å². The second-order valence-corrected chi connectivity index (χ2v) is 10.2. The molecule has 0 atom stereocenters. The minimum atomic E-state index is -0.494. The number of fused-ring (bicyclic) bond motifs is 2. The maximum atomic E-state index is 12.5. The monoisotopic (exact) mass is 546 g/mol. The fraction of sp³-hybridized carbons (Fsp3) is 0.250. The highest BCUT2D eigenvalue weighted by atomic mass is 35.5. The second-order valence-electron chi connectivity index (χ2n) is 9.83. The Kier molecular flexibility index (Phi) is 6.96. The summed E-state index contributed by atoms with van der Waals surface area (Å²) in [5, 5.41) is 14.3. The van der Waals surface area contributed by atoms with Crippen molar-refractivity contribution in [3.8, 4) is 28.5 Å². The van der Waals surface area contributed by atoms with Gasteiger partial charge in [-0.2, -0.15) is 9.61 Å². The van der Waals surface area contributed by atoms with Gasteiger partial charge < -0.3 is 19.1 Å². The zero-order chi connectivity index (χ0) is 27.7. The molecule has 1 amide bonds. The van der Waals surface area contributed by atoms with Crippen molar-refractivity contribution in [2.24, 2.45) is 0 Å². The van der Waals surface area contributed by atoms with E-state index in [9.17, 15) is 4.79 Å². The minimum absolute atomic E-state index is 0.139. The molecule has 200 valence electrons. The molecule has 39 heavy (non-hydrogen) atoms. The van der Waals surface area contributed by atoms with E-state index < -0.39 is 6.09 Å². The first-order valence-electron chi connectivity index (χ1n) is 12.2. The number of ether oxygens (including phenoxy) is 3. The first-order chi connectivity index (χ1) is 18.6. The minimum Gasteiger partial charge on any atom is -0.497 e. The molecular formula is C28H27ClN6O4. The molecule has 3 heterocycles. The van der Waals surface area contributed by atoms with E-state index in [1.54, 1.807) is 49.1 Å². The van der Waals surface area contributed by atoms with Crippen LogP contribution >= 0.6 is 11.6 Å². The molecule has 5 aromatic rings. The van der Waals surface area contributed by atoms with Gasteiger partial charge >= 0.3 is 6.09 Å². The van der Waals surface area contributed by atoms with Crippen LogP contribution in [0.5, 0.6) is 17.2 Å². The molecule has 0 spiro atoms. The molecule has 0 saturated carbocycles. The van der Waals surface area contributed by atoms with E-state index in [0.29, 0.717) is 27.9 Å². The molecule has 2 aromatic carbocycles. The van der Waals surface area contributed by atoms with Gasteiger partial charge in [-0.1, -0.05) is 11.6 Å². The topological polar surface area (TPSA) is 104 Å². The van der Waals surface area contributed by atoms with Crippen molar-refractivity contribution in [2.45, 2.75) is 32.9 Å². The van der Waals surface area contributed by atoms with Crippen molar-refractivity contribution < 1.29 is 19.0 Å². The van der Waals surface area contributed by atoms with Gasteiger partial charge in [0.15, 0.2) is 17.2 Å². The van der Waals surface area contributed by atoms with Gasteiger partial charge in [0, 0.05) is 35.8 Å². The van der Waals surface area contributed by atoms with Crippen molar-refractivity contribution in [1.82, 2.24) is 29.7 Å². The second kappa shape index (κ2) is 10.4. The predicted octanol–water partition coefficient (Wildman–Crippen LogP) is 5.81. The van der Waals surface area contributed by atoms with Gasteiger partial charge in [0.05, 0.1) is 23.3 Å². The highest BCUT2D eigenvalue weighted by Crippen LogP contribution is 2.31. The SMILES string of the molecule is COc1ccc2c(OCc3nnc4ccc(-c5ccc(OC(=O)N(C)C(C)(C)C)c(Cl)c5)nn34)ccnc2c1. The summed E-state index contributed by atoms with van der Waals surface area (Å²) < 4.78 is 18.5. The number of halogens is 1. The van der Waals surface area contributed by atoms with Gasteiger partial charge in [-0.25, -0.2) is 4.79 Å². The van der Waals surface area contributed by atoms with E-state index in [2.05, 4.69) is 15.2 Å². The highest BCUT2D eigenvalue weighted by molar-refractivity contribution is 6.32. The third-order valence-corrected chi connectivity index (χ3v) is 6.59. The molecule has 0 radical (unpaired) electrons. The van der Waals surface area contributed by atoms with Gasteiger partial charge in [0.1, 0.15) is 18.1 Å². The van der Waals surface area contributed by atoms with E-state index >= 15 is 0 Å². The molecule has 0 unspecified atom stereocenters. The van der Waals surface area contributed by atoms with Crippen LogP contribution < -0.4 is 14.2 Å². The number of benzene rings is 2. The maximum absolute atomic E-state index is 12.5. The summed E-state index contributed by atoms with van der Waals surface area (Å²) in [5.74, 6) is 2.16. The van der Waals surface area contributed by atoms with Gasteiger partial charge in [-0.15, -0.1) is 10.2 Å². The molecule has 0 aliphatic heterocycles. The number of rotatable bonds is 6. The molecule has 10 nitrogen and oxygen atoms in total. The van der Waals surface area contributed by atoms with Crippen LogP contribution in [0.15, 0.2) is 60.8 Å². The van der Waals surface area contributed by atoms with Crippen LogP contribution in [0.1, 0.15) is 26.6 Å². The first kappa shape index (κ1) is 26.2. The zero-order valence-corrected chi connectivity index (χ0v) is 22.9. The van der Waals surface area contributed by atoms with Gasteiger partial charge in [-0.3, -0.25) is 4.98 Å². The molecule has 3 aromatic heterocycles. The first-order valence-corrected chi connectivity index (χ1v) is 12.5. The lowest BCUT2D eigenvalue weighted by Crippen LogP contribution is -2.44. The van der Waals surface area contributed by atoms with E-state index in [-0.39, 0.29) is 17.9 Å². The molecule has 0 saturated heterocycles. The largest absolute Gasteiger partial charge is 0.497 e. The number of carbonyl (C=O) groups excluding carboxylic acids is 1. The summed E-state index contributed by atoms with van der Waals surface area (Å²) in [6.07, 6.45) is 1.19. The number of pyridine rings is 1. The summed E-state index contributed by atoms with van der Waals surface area (Å²) in [6, 6.07) is 16.2. The molecule has 0 bridgehead atoms. The molecule has 0 aliphatic rings. The molecule has 5 rings (SSSR count). The van der Waals surface area contributed by atoms with Crippen molar-refractivity contribution in [1.29, 1.82) is 0 Å². The molecule has 11 heteroatoms. The van der Waals surface area contributed by atoms with Crippen LogP contribution in [0.25, 0.3) is 27.8 Å². The zero-order valence-electron chi connectivity index (χ0n) is 22.2.